The number of hydrogen-bond acceptors (Lipinski definition) is 5. The highest BCUT2D eigenvalue weighted by atomic mass is 32.1. The Balaban J connectivity index is 1.30. The minimum Gasteiger partial charge on any atom is -0.494 e. The van der Waals surface area contributed by atoms with Crippen molar-refractivity contribution in [2.75, 3.05) is 19.8 Å². The zero-order chi connectivity index (χ0) is 16.6. The molecule has 1 aliphatic heterocycles. The third-order valence-electron chi connectivity index (χ3n) is 3.93. The number of unbranched alkanes of at least 4 members (excludes halogenated alkanes) is 1. The van der Waals surface area contributed by atoms with E-state index in [4.69, 9.17) is 14.2 Å². The van der Waals surface area contributed by atoms with Crippen molar-refractivity contribution in [3.05, 3.63) is 52.2 Å². The summed E-state index contributed by atoms with van der Waals surface area (Å²) < 4.78 is 16.6. The van der Waals surface area contributed by atoms with Crippen LogP contribution in [0.3, 0.4) is 0 Å². The fraction of sp³-hybridized carbons (Fsp3) is 0.421. The molecule has 0 bridgehead atoms. The van der Waals surface area contributed by atoms with Gasteiger partial charge in [-0.2, -0.15) is 0 Å². The minimum absolute atomic E-state index is 0.136. The fourth-order valence-electron chi connectivity index (χ4n) is 2.68. The SMILES string of the molecule is O=C(C[C@@H]1OCCc2ccsc21)OCCCCOc1ccccc1. The van der Waals surface area contributed by atoms with E-state index in [1.54, 1.807) is 11.3 Å². The first-order valence-corrected chi connectivity index (χ1v) is 9.22. The Labute approximate surface area is 146 Å². The molecule has 0 N–H and O–H groups in total. The highest BCUT2D eigenvalue weighted by Crippen LogP contribution is 2.34. The van der Waals surface area contributed by atoms with Gasteiger partial charge in [0.25, 0.3) is 0 Å². The van der Waals surface area contributed by atoms with E-state index in [9.17, 15) is 4.79 Å². The van der Waals surface area contributed by atoms with Crippen LogP contribution in [0.1, 0.15) is 35.8 Å². The first kappa shape index (κ1) is 17.0. The molecule has 0 saturated heterocycles. The summed E-state index contributed by atoms with van der Waals surface area (Å²) in [7, 11) is 0. The average Bonchev–Trinajstić information content (AvgIpc) is 3.09. The Kier molecular flexibility index (Phi) is 6.26. The molecule has 1 atom stereocenters. The van der Waals surface area contributed by atoms with Crippen LogP contribution in [0.4, 0.5) is 0 Å². The van der Waals surface area contributed by atoms with Gasteiger partial charge >= 0.3 is 5.97 Å². The number of benzene rings is 1. The third kappa shape index (κ3) is 4.82. The number of para-hydroxylation sites is 1. The van der Waals surface area contributed by atoms with Crippen molar-refractivity contribution in [2.45, 2.75) is 31.8 Å². The second-order valence-electron chi connectivity index (χ2n) is 5.71. The van der Waals surface area contributed by atoms with Gasteiger partial charge in [0.1, 0.15) is 11.9 Å². The van der Waals surface area contributed by atoms with Crippen molar-refractivity contribution >= 4 is 17.3 Å². The standard InChI is InChI=1S/C19H22O4S/c20-18(14-17-19-15(8-12-22-17)9-13-24-19)23-11-5-4-10-21-16-6-2-1-3-7-16/h1-3,6-7,9,13,17H,4-5,8,10-12,14H2/t17-/m0/s1. The molecule has 0 aliphatic carbocycles. The monoisotopic (exact) mass is 346 g/mol. The summed E-state index contributed by atoms with van der Waals surface area (Å²) in [5.74, 6) is 0.681. The zero-order valence-electron chi connectivity index (χ0n) is 13.6. The van der Waals surface area contributed by atoms with Crippen molar-refractivity contribution in [3.63, 3.8) is 0 Å². The molecule has 1 aliphatic rings. The van der Waals surface area contributed by atoms with Gasteiger partial charge in [0, 0.05) is 4.88 Å². The lowest BCUT2D eigenvalue weighted by Gasteiger charge is -2.22. The average molecular weight is 346 g/mol. The van der Waals surface area contributed by atoms with Crippen molar-refractivity contribution in [3.8, 4) is 5.75 Å². The Morgan fingerprint density at radius 2 is 2.00 bits per heavy atom. The molecule has 0 radical (unpaired) electrons. The van der Waals surface area contributed by atoms with Gasteiger partial charge in [-0.05, 0) is 48.4 Å². The van der Waals surface area contributed by atoms with Crippen LogP contribution in [0.5, 0.6) is 5.75 Å². The molecule has 2 aromatic rings. The quantitative estimate of drug-likeness (QED) is 0.532. The number of fused-ring (bicyclic) bond motifs is 1. The van der Waals surface area contributed by atoms with Gasteiger partial charge in [-0.15, -0.1) is 11.3 Å². The van der Waals surface area contributed by atoms with Crippen molar-refractivity contribution in [1.29, 1.82) is 0 Å². The van der Waals surface area contributed by atoms with E-state index in [-0.39, 0.29) is 12.1 Å². The Hall–Kier alpha value is -1.85. The molecular weight excluding hydrogens is 324 g/mol. The maximum atomic E-state index is 12.0. The van der Waals surface area contributed by atoms with E-state index in [1.165, 1.54) is 10.4 Å². The van der Waals surface area contributed by atoms with Gasteiger partial charge in [-0.3, -0.25) is 4.79 Å². The van der Waals surface area contributed by atoms with Gasteiger partial charge < -0.3 is 14.2 Å². The molecule has 0 saturated carbocycles. The van der Waals surface area contributed by atoms with Crippen molar-refractivity contribution < 1.29 is 19.0 Å². The lowest BCUT2D eigenvalue weighted by Crippen LogP contribution is -2.18. The maximum Gasteiger partial charge on any atom is 0.308 e. The Morgan fingerprint density at radius 3 is 2.88 bits per heavy atom. The summed E-state index contributed by atoms with van der Waals surface area (Å²) in [5.41, 5.74) is 1.31. The molecule has 0 amide bonds. The van der Waals surface area contributed by atoms with E-state index in [0.717, 1.165) is 25.0 Å². The number of ether oxygens (including phenoxy) is 3. The van der Waals surface area contributed by atoms with Crippen LogP contribution in [0.15, 0.2) is 41.8 Å². The molecule has 0 fully saturated rings. The van der Waals surface area contributed by atoms with Crippen LogP contribution in [0, 0.1) is 0 Å². The summed E-state index contributed by atoms with van der Waals surface area (Å²) in [4.78, 5) is 13.1. The van der Waals surface area contributed by atoms with Crippen LogP contribution in [0.2, 0.25) is 0 Å². The summed E-state index contributed by atoms with van der Waals surface area (Å²) in [6.07, 6.45) is 2.76. The fourth-order valence-corrected chi connectivity index (χ4v) is 3.69. The predicted molar refractivity (Wildman–Crippen MR) is 93.5 cm³/mol. The number of rotatable bonds is 8. The van der Waals surface area contributed by atoms with Crippen LogP contribution in [-0.4, -0.2) is 25.8 Å². The van der Waals surface area contributed by atoms with Gasteiger partial charge in [-0.1, -0.05) is 18.2 Å². The highest BCUT2D eigenvalue weighted by Gasteiger charge is 2.25. The van der Waals surface area contributed by atoms with E-state index in [0.29, 0.717) is 26.2 Å². The summed E-state index contributed by atoms with van der Waals surface area (Å²) in [5, 5.41) is 2.06. The second kappa shape index (κ2) is 8.85. The first-order valence-electron chi connectivity index (χ1n) is 8.34. The second-order valence-corrected chi connectivity index (χ2v) is 6.66. The molecule has 1 aromatic carbocycles. The molecule has 0 spiro atoms. The van der Waals surface area contributed by atoms with Crippen LogP contribution >= 0.6 is 11.3 Å². The van der Waals surface area contributed by atoms with E-state index in [2.05, 4.69) is 11.4 Å². The molecule has 0 unspecified atom stereocenters. The maximum absolute atomic E-state index is 12.0. The number of carbonyl (C=O) groups excluding carboxylic acids is 1. The normalized spacial score (nSPS) is 16.4. The number of thiophene rings is 1. The predicted octanol–water partition coefficient (Wildman–Crippen LogP) is 4.15. The molecule has 1 aromatic heterocycles. The largest absolute Gasteiger partial charge is 0.494 e. The van der Waals surface area contributed by atoms with Crippen molar-refractivity contribution in [1.82, 2.24) is 0 Å². The van der Waals surface area contributed by atoms with E-state index in [1.807, 2.05) is 30.3 Å². The molecule has 128 valence electrons. The smallest absolute Gasteiger partial charge is 0.308 e. The summed E-state index contributed by atoms with van der Waals surface area (Å²) >= 11 is 1.66. The minimum atomic E-state index is -0.190. The third-order valence-corrected chi connectivity index (χ3v) is 4.98. The topological polar surface area (TPSA) is 44.8 Å². The molecule has 24 heavy (non-hydrogen) atoms. The highest BCUT2D eigenvalue weighted by molar-refractivity contribution is 7.10. The Bertz CT molecular complexity index is 638. The molecule has 5 heteroatoms. The summed E-state index contributed by atoms with van der Waals surface area (Å²) in [6.45, 7) is 1.74. The van der Waals surface area contributed by atoms with E-state index < -0.39 is 0 Å². The van der Waals surface area contributed by atoms with E-state index >= 15 is 0 Å². The lowest BCUT2D eigenvalue weighted by molar-refractivity contribution is -0.147. The van der Waals surface area contributed by atoms with Gasteiger partial charge in [0.05, 0.1) is 26.2 Å². The number of esters is 1. The summed E-state index contributed by atoms with van der Waals surface area (Å²) in [6, 6.07) is 11.8. The molecule has 3 rings (SSSR count). The first-order chi connectivity index (χ1) is 11.8. The van der Waals surface area contributed by atoms with Crippen LogP contribution in [-0.2, 0) is 20.7 Å². The molecular formula is C19H22O4S. The number of carbonyl (C=O) groups is 1. The van der Waals surface area contributed by atoms with Gasteiger partial charge in [0.15, 0.2) is 0 Å². The molecule has 4 nitrogen and oxygen atoms in total. The van der Waals surface area contributed by atoms with Crippen LogP contribution in [0.25, 0.3) is 0 Å². The Morgan fingerprint density at radius 1 is 1.17 bits per heavy atom. The van der Waals surface area contributed by atoms with Crippen LogP contribution < -0.4 is 4.74 Å². The molecule has 2 heterocycles. The van der Waals surface area contributed by atoms with Gasteiger partial charge in [-0.25, -0.2) is 0 Å². The lowest BCUT2D eigenvalue weighted by atomic mass is 10.1. The zero-order valence-corrected chi connectivity index (χ0v) is 14.4. The van der Waals surface area contributed by atoms with Gasteiger partial charge in [0.2, 0.25) is 0 Å². The number of hydrogen-bond donors (Lipinski definition) is 0. The van der Waals surface area contributed by atoms with Crippen molar-refractivity contribution in [2.24, 2.45) is 0 Å².